The fourth-order valence-electron chi connectivity index (χ4n) is 0.455. The Morgan fingerprint density at radius 1 is 1.43 bits per heavy atom. The third kappa shape index (κ3) is 1.10. The molecule has 0 saturated carbocycles. The Kier molecular flexibility index (Phi) is 1.59. The summed E-state index contributed by atoms with van der Waals surface area (Å²) >= 11 is 0. The number of hydrogen-bond donors (Lipinski definition) is 2. The molecule has 4 nitrogen and oxygen atoms in total. The number of nitrogens with two attached hydrogens (primary N) is 1. The third-order valence-corrected chi connectivity index (χ3v) is 0.758. The Morgan fingerprint density at radius 3 is 2.29 bits per heavy atom. The summed E-state index contributed by atoms with van der Waals surface area (Å²) in [5.74, 6) is 4.93. The van der Waals surface area contributed by atoms with Crippen LogP contribution in [0.1, 0.15) is 0 Å². The van der Waals surface area contributed by atoms with Crippen molar-refractivity contribution in [3.63, 3.8) is 0 Å². The van der Waals surface area contributed by atoms with Crippen LogP contribution >= 0.6 is 0 Å². The van der Waals surface area contributed by atoms with Gasteiger partial charge in [0.2, 0.25) is 6.41 Å². The zero-order chi connectivity index (χ0) is 5.11. The van der Waals surface area contributed by atoms with Crippen molar-refractivity contribution in [2.45, 2.75) is 6.41 Å². The van der Waals surface area contributed by atoms with Gasteiger partial charge in [-0.05, 0) is 0 Å². The van der Waals surface area contributed by atoms with Crippen LogP contribution in [0.3, 0.4) is 0 Å². The maximum Gasteiger partial charge on any atom is 0.228 e. The topological polar surface area (TPSA) is 56.5 Å². The maximum absolute atomic E-state index is 4.93. The van der Waals surface area contributed by atoms with E-state index in [0.29, 0.717) is 13.2 Å². The van der Waals surface area contributed by atoms with Crippen molar-refractivity contribution in [3.05, 3.63) is 0 Å². The molecular weight excluding hydrogens is 96.0 g/mol. The van der Waals surface area contributed by atoms with E-state index in [2.05, 4.69) is 5.43 Å². The first-order valence-corrected chi connectivity index (χ1v) is 2.13. The lowest BCUT2D eigenvalue weighted by molar-refractivity contribution is -0.0663. The van der Waals surface area contributed by atoms with Crippen molar-refractivity contribution < 1.29 is 9.47 Å². The Balaban J connectivity index is 2.14. The van der Waals surface area contributed by atoms with Crippen LogP contribution in [0.25, 0.3) is 0 Å². The first kappa shape index (κ1) is 4.99. The van der Waals surface area contributed by atoms with Crippen LogP contribution < -0.4 is 11.3 Å². The number of hydrogen-bond acceptors (Lipinski definition) is 4. The first-order chi connectivity index (χ1) is 3.43. The summed E-state index contributed by atoms with van der Waals surface area (Å²) in [7, 11) is 0. The van der Waals surface area contributed by atoms with Crippen LogP contribution in [0, 0.1) is 0 Å². The molecule has 1 aliphatic rings. The first-order valence-electron chi connectivity index (χ1n) is 2.13. The molecule has 7 heavy (non-hydrogen) atoms. The maximum atomic E-state index is 4.93. The van der Waals surface area contributed by atoms with Crippen molar-refractivity contribution in [1.82, 2.24) is 5.43 Å². The summed E-state index contributed by atoms with van der Waals surface area (Å²) < 4.78 is 9.69. The lowest BCUT2D eigenvalue weighted by Crippen LogP contribution is -2.35. The molecule has 0 spiro atoms. The van der Waals surface area contributed by atoms with Crippen LogP contribution in [0.15, 0.2) is 0 Å². The molecule has 0 aromatic rings. The van der Waals surface area contributed by atoms with E-state index < -0.39 is 0 Å². The molecular formula is C3H8N2O2. The Hall–Kier alpha value is -0.160. The number of nitrogens with one attached hydrogen (secondary N) is 1. The van der Waals surface area contributed by atoms with Gasteiger partial charge in [-0.1, -0.05) is 0 Å². The van der Waals surface area contributed by atoms with Crippen molar-refractivity contribution in [2.75, 3.05) is 13.2 Å². The van der Waals surface area contributed by atoms with Gasteiger partial charge in [0.25, 0.3) is 0 Å². The van der Waals surface area contributed by atoms with Gasteiger partial charge < -0.3 is 9.47 Å². The molecule has 1 fully saturated rings. The molecule has 0 aromatic carbocycles. The minimum Gasteiger partial charge on any atom is -0.336 e. The van der Waals surface area contributed by atoms with Crippen molar-refractivity contribution in [3.8, 4) is 0 Å². The summed E-state index contributed by atoms with van der Waals surface area (Å²) in [6.07, 6.45) is -0.375. The van der Waals surface area contributed by atoms with E-state index in [9.17, 15) is 0 Å². The molecule has 1 saturated heterocycles. The minimum atomic E-state index is -0.375. The Bertz CT molecular complexity index is 52.9. The van der Waals surface area contributed by atoms with E-state index in [-0.39, 0.29) is 6.41 Å². The highest BCUT2D eigenvalue weighted by Crippen LogP contribution is 1.96. The summed E-state index contributed by atoms with van der Waals surface area (Å²) in [5, 5.41) is 0. The molecule has 0 radical (unpaired) electrons. The smallest absolute Gasteiger partial charge is 0.228 e. The highest BCUT2D eigenvalue weighted by Gasteiger charge is 2.11. The molecule has 42 valence electrons. The van der Waals surface area contributed by atoms with Gasteiger partial charge in [0.15, 0.2) is 0 Å². The fraction of sp³-hybridized carbons (Fsp3) is 1.00. The summed E-state index contributed by atoms with van der Waals surface area (Å²) in [5.41, 5.74) is 2.32. The fourth-order valence-corrected chi connectivity index (χ4v) is 0.455. The van der Waals surface area contributed by atoms with Gasteiger partial charge in [-0.3, -0.25) is 5.84 Å². The minimum absolute atomic E-state index is 0.375. The molecule has 0 bridgehead atoms. The molecule has 3 N–H and O–H groups in total. The average molecular weight is 104 g/mol. The zero-order valence-electron chi connectivity index (χ0n) is 3.89. The lowest BCUT2D eigenvalue weighted by Gasteiger charge is -2.03. The van der Waals surface area contributed by atoms with Gasteiger partial charge in [0.1, 0.15) is 0 Å². The average Bonchev–Trinajstić information content (AvgIpc) is 2.14. The highest BCUT2D eigenvalue weighted by atomic mass is 16.7. The normalized spacial score (nSPS) is 23.6. The van der Waals surface area contributed by atoms with Gasteiger partial charge in [-0.25, -0.2) is 5.43 Å². The van der Waals surface area contributed by atoms with E-state index >= 15 is 0 Å². The molecule has 1 aliphatic heterocycles. The van der Waals surface area contributed by atoms with Crippen LogP contribution in [0.2, 0.25) is 0 Å². The van der Waals surface area contributed by atoms with Gasteiger partial charge in [0, 0.05) is 0 Å². The second-order valence-electron chi connectivity index (χ2n) is 1.24. The van der Waals surface area contributed by atoms with Gasteiger partial charge >= 0.3 is 0 Å². The zero-order valence-corrected chi connectivity index (χ0v) is 3.89. The third-order valence-electron chi connectivity index (χ3n) is 0.758. The van der Waals surface area contributed by atoms with E-state index in [1.165, 1.54) is 0 Å². The van der Waals surface area contributed by atoms with Gasteiger partial charge in [-0.2, -0.15) is 0 Å². The van der Waals surface area contributed by atoms with Gasteiger partial charge in [-0.15, -0.1) is 0 Å². The number of rotatable bonds is 1. The van der Waals surface area contributed by atoms with Gasteiger partial charge in [0.05, 0.1) is 13.2 Å². The molecule has 0 aromatic heterocycles. The van der Waals surface area contributed by atoms with Crippen molar-refractivity contribution >= 4 is 0 Å². The van der Waals surface area contributed by atoms with Crippen LogP contribution in [-0.4, -0.2) is 19.6 Å². The molecule has 4 heteroatoms. The van der Waals surface area contributed by atoms with E-state index in [1.54, 1.807) is 0 Å². The SMILES string of the molecule is NNC1OCCO1. The quantitative estimate of drug-likeness (QED) is 0.323. The van der Waals surface area contributed by atoms with Crippen molar-refractivity contribution in [1.29, 1.82) is 0 Å². The monoisotopic (exact) mass is 104 g/mol. The predicted octanol–water partition coefficient (Wildman–Crippen LogP) is -1.22. The van der Waals surface area contributed by atoms with Crippen molar-refractivity contribution in [2.24, 2.45) is 5.84 Å². The van der Waals surface area contributed by atoms with E-state index in [1.807, 2.05) is 0 Å². The number of ether oxygens (including phenoxy) is 2. The molecule has 0 atom stereocenters. The molecule has 1 heterocycles. The van der Waals surface area contributed by atoms with E-state index in [4.69, 9.17) is 15.3 Å². The number of hydrazine groups is 1. The summed E-state index contributed by atoms with van der Waals surface area (Å²) in [4.78, 5) is 0. The lowest BCUT2D eigenvalue weighted by atomic mass is 10.8. The largest absolute Gasteiger partial charge is 0.336 e. The second-order valence-corrected chi connectivity index (χ2v) is 1.24. The molecule has 0 unspecified atom stereocenters. The van der Waals surface area contributed by atoms with Crippen LogP contribution in [0.5, 0.6) is 0 Å². The Morgan fingerprint density at radius 2 is 2.00 bits per heavy atom. The molecule has 0 aliphatic carbocycles. The highest BCUT2D eigenvalue weighted by molar-refractivity contribution is 4.41. The predicted molar refractivity (Wildman–Crippen MR) is 23.0 cm³/mol. The standard InChI is InChI=1S/C3H8N2O2/c4-5-3-6-1-2-7-3/h3,5H,1-2,4H2. The van der Waals surface area contributed by atoms with Crippen LogP contribution in [-0.2, 0) is 9.47 Å². The molecule has 1 rings (SSSR count). The summed E-state index contributed by atoms with van der Waals surface area (Å²) in [6, 6.07) is 0. The summed E-state index contributed by atoms with van der Waals surface area (Å²) in [6.45, 7) is 1.27. The van der Waals surface area contributed by atoms with E-state index in [0.717, 1.165) is 0 Å². The molecule has 0 amide bonds. The second kappa shape index (κ2) is 2.23. The Labute approximate surface area is 41.6 Å². The van der Waals surface area contributed by atoms with Crippen LogP contribution in [0.4, 0.5) is 0 Å².